The van der Waals surface area contributed by atoms with Crippen molar-refractivity contribution in [1.29, 1.82) is 0 Å². The largest absolute Gasteiger partial charge is 0.345 e. The first kappa shape index (κ1) is 17.5. The van der Waals surface area contributed by atoms with E-state index in [9.17, 15) is 4.79 Å². The average Bonchev–Trinajstić information content (AvgIpc) is 3.31. The van der Waals surface area contributed by atoms with Crippen LogP contribution in [0.15, 0.2) is 41.1 Å². The molecule has 0 radical (unpaired) electrons. The van der Waals surface area contributed by atoms with Crippen molar-refractivity contribution in [2.45, 2.75) is 39.2 Å². The SMILES string of the molecule is Cc1ccc(C)c(C(=O)NCc2nnc3c(-c4nc(C5CC5)no4)cccn23)c1. The molecule has 8 nitrogen and oxygen atoms in total. The zero-order valence-corrected chi connectivity index (χ0v) is 16.2. The van der Waals surface area contributed by atoms with Gasteiger partial charge in [0.25, 0.3) is 11.8 Å². The molecule has 0 unspecified atom stereocenters. The third kappa shape index (κ3) is 3.26. The van der Waals surface area contributed by atoms with E-state index in [4.69, 9.17) is 4.52 Å². The highest BCUT2D eigenvalue weighted by atomic mass is 16.5. The molecule has 0 atom stereocenters. The molecule has 3 heterocycles. The van der Waals surface area contributed by atoms with Crippen molar-refractivity contribution in [3.63, 3.8) is 0 Å². The van der Waals surface area contributed by atoms with Gasteiger partial charge in [-0.1, -0.05) is 22.9 Å². The van der Waals surface area contributed by atoms with Crippen molar-refractivity contribution in [3.05, 3.63) is 64.9 Å². The molecule has 1 aliphatic carbocycles. The lowest BCUT2D eigenvalue weighted by Gasteiger charge is -2.08. The quantitative estimate of drug-likeness (QED) is 0.564. The van der Waals surface area contributed by atoms with E-state index in [0.29, 0.717) is 28.8 Å². The van der Waals surface area contributed by atoms with Gasteiger partial charge >= 0.3 is 0 Å². The highest BCUT2D eigenvalue weighted by Crippen LogP contribution is 2.39. The second-order valence-corrected chi connectivity index (χ2v) is 7.46. The molecule has 0 aliphatic heterocycles. The third-order valence-electron chi connectivity index (χ3n) is 5.16. The van der Waals surface area contributed by atoms with Crippen LogP contribution in [0.25, 0.3) is 17.1 Å². The molecular formula is C21H20N6O2. The summed E-state index contributed by atoms with van der Waals surface area (Å²) in [7, 11) is 0. The Labute approximate surface area is 167 Å². The summed E-state index contributed by atoms with van der Waals surface area (Å²) in [6.07, 6.45) is 4.08. The van der Waals surface area contributed by atoms with Gasteiger partial charge in [0.2, 0.25) is 0 Å². The van der Waals surface area contributed by atoms with Crippen LogP contribution in [-0.2, 0) is 6.54 Å². The van der Waals surface area contributed by atoms with Crippen molar-refractivity contribution in [3.8, 4) is 11.5 Å². The average molecular weight is 388 g/mol. The molecular weight excluding hydrogens is 368 g/mol. The lowest BCUT2D eigenvalue weighted by molar-refractivity contribution is 0.0949. The first-order valence-electron chi connectivity index (χ1n) is 9.62. The number of aryl methyl sites for hydroxylation is 2. The molecule has 4 aromatic rings. The molecule has 0 bridgehead atoms. The van der Waals surface area contributed by atoms with Crippen molar-refractivity contribution in [2.75, 3.05) is 0 Å². The maximum absolute atomic E-state index is 12.6. The summed E-state index contributed by atoms with van der Waals surface area (Å²) >= 11 is 0. The number of nitrogens with zero attached hydrogens (tertiary/aromatic N) is 5. The van der Waals surface area contributed by atoms with Gasteiger partial charge in [0, 0.05) is 17.7 Å². The van der Waals surface area contributed by atoms with Gasteiger partial charge in [0.05, 0.1) is 12.1 Å². The van der Waals surface area contributed by atoms with Crippen LogP contribution in [0.3, 0.4) is 0 Å². The van der Waals surface area contributed by atoms with Crippen molar-refractivity contribution in [1.82, 2.24) is 30.1 Å². The Morgan fingerprint density at radius 1 is 1.24 bits per heavy atom. The number of carbonyl (C=O) groups is 1. The van der Waals surface area contributed by atoms with Crippen LogP contribution in [-0.4, -0.2) is 30.6 Å². The van der Waals surface area contributed by atoms with Gasteiger partial charge < -0.3 is 9.84 Å². The van der Waals surface area contributed by atoms with Gasteiger partial charge in [0.1, 0.15) is 0 Å². The number of benzene rings is 1. The molecule has 0 spiro atoms. The predicted octanol–water partition coefficient (Wildman–Crippen LogP) is 3.20. The Balaban J connectivity index is 1.40. The molecule has 1 aromatic carbocycles. The minimum atomic E-state index is -0.134. The summed E-state index contributed by atoms with van der Waals surface area (Å²) in [6.45, 7) is 4.15. The van der Waals surface area contributed by atoms with Gasteiger partial charge in [-0.05, 0) is 50.5 Å². The molecule has 1 amide bonds. The fraction of sp³-hybridized carbons (Fsp3) is 0.286. The highest BCUT2D eigenvalue weighted by Gasteiger charge is 2.29. The summed E-state index contributed by atoms with van der Waals surface area (Å²) in [5, 5.41) is 15.5. The first-order valence-corrected chi connectivity index (χ1v) is 9.62. The molecule has 3 aromatic heterocycles. The normalized spacial score (nSPS) is 13.7. The van der Waals surface area contributed by atoms with Gasteiger partial charge in [0.15, 0.2) is 17.3 Å². The number of amides is 1. The molecule has 29 heavy (non-hydrogen) atoms. The zero-order valence-electron chi connectivity index (χ0n) is 16.2. The Hall–Kier alpha value is -3.55. The van der Waals surface area contributed by atoms with Gasteiger partial charge in [-0.3, -0.25) is 9.20 Å². The van der Waals surface area contributed by atoms with E-state index in [1.165, 1.54) is 0 Å². The van der Waals surface area contributed by atoms with Crippen LogP contribution >= 0.6 is 0 Å². The molecule has 1 aliphatic rings. The van der Waals surface area contributed by atoms with Gasteiger partial charge in [-0.2, -0.15) is 4.98 Å². The summed E-state index contributed by atoms with van der Waals surface area (Å²) in [5.41, 5.74) is 3.99. The number of aromatic nitrogens is 5. The van der Waals surface area contributed by atoms with E-state index in [1.807, 2.05) is 54.8 Å². The standard InChI is InChI=1S/C21H20N6O2/c1-12-5-6-13(2)16(10-12)20(28)22-11-17-24-25-19-15(4-3-9-27(17)19)21-23-18(26-29-21)14-7-8-14/h3-6,9-10,14H,7-8,11H2,1-2H3,(H,22,28). The Morgan fingerprint density at radius 3 is 2.93 bits per heavy atom. The molecule has 1 N–H and O–H groups in total. The number of nitrogens with one attached hydrogen (secondary N) is 1. The van der Waals surface area contributed by atoms with E-state index in [0.717, 1.165) is 35.4 Å². The van der Waals surface area contributed by atoms with Crippen molar-refractivity contribution < 1.29 is 9.32 Å². The fourth-order valence-electron chi connectivity index (χ4n) is 3.34. The maximum atomic E-state index is 12.6. The monoisotopic (exact) mass is 388 g/mol. The smallest absolute Gasteiger partial charge is 0.261 e. The first-order chi connectivity index (χ1) is 14.1. The molecule has 8 heteroatoms. The second kappa shape index (κ2) is 6.80. The molecule has 1 fully saturated rings. The Morgan fingerprint density at radius 2 is 2.10 bits per heavy atom. The van der Waals surface area contributed by atoms with E-state index < -0.39 is 0 Å². The molecule has 5 rings (SSSR count). The summed E-state index contributed by atoms with van der Waals surface area (Å²) in [4.78, 5) is 17.1. The molecule has 146 valence electrons. The number of carbonyl (C=O) groups excluding carboxylic acids is 1. The van der Waals surface area contributed by atoms with Crippen LogP contribution < -0.4 is 5.32 Å². The van der Waals surface area contributed by atoms with Crippen LogP contribution in [0, 0.1) is 13.8 Å². The van der Waals surface area contributed by atoms with E-state index in [-0.39, 0.29) is 12.5 Å². The van der Waals surface area contributed by atoms with Gasteiger partial charge in [-0.15, -0.1) is 10.2 Å². The highest BCUT2D eigenvalue weighted by molar-refractivity contribution is 5.95. The van der Waals surface area contributed by atoms with E-state index in [1.54, 1.807) is 0 Å². The minimum Gasteiger partial charge on any atom is -0.345 e. The maximum Gasteiger partial charge on any atom is 0.261 e. The molecule has 1 saturated carbocycles. The fourth-order valence-corrected chi connectivity index (χ4v) is 3.34. The summed E-state index contributed by atoms with van der Waals surface area (Å²) in [5.74, 6) is 2.10. The Kier molecular flexibility index (Phi) is 4.12. The summed E-state index contributed by atoms with van der Waals surface area (Å²) < 4.78 is 7.27. The van der Waals surface area contributed by atoms with Crippen LogP contribution in [0.5, 0.6) is 0 Å². The topological polar surface area (TPSA) is 98.2 Å². The number of hydrogen-bond donors (Lipinski definition) is 1. The number of rotatable bonds is 5. The van der Waals surface area contributed by atoms with E-state index >= 15 is 0 Å². The van der Waals surface area contributed by atoms with Gasteiger partial charge in [-0.25, -0.2) is 0 Å². The predicted molar refractivity (Wildman–Crippen MR) is 105 cm³/mol. The molecule has 0 saturated heterocycles. The minimum absolute atomic E-state index is 0.134. The lowest BCUT2D eigenvalue weighted by atomic mass is 10.1. The lowest BCUT2D eigenvalue weighted by Crippen LogP contribution is -2.24. The third-order valence-corrected chi connectivity index (χ3v) is 5.16. The van der Waals surface area contributed by atoms with E-state index in [2.05, 4.69) is 25.7 Å². The Bertz CT molecular complexity index is 1220. The van der Waals surface area contributed by atoms with Crippen LogP contribution in [0.1, 0.15) is 51.9 Å². The second-order valence-electron chi connectivity index (χ2n) is 7.46. The van der Waals surface area contributed by atoms with Crippen molar-refractivity contribution in [2.24, 2.45) is 0 Å². The number of hydrogen-bond acceptors (Lipinski definition) is 6. The van der Waals surface area contributed by atoms with Crippen LogP contribution in [0.2, 0.25) is 0 Å². The van der Waals surface area contributed by atoms with Crippen LogP contribution in [0.4, 0.5) is 0 Å². The number of fused-ring (bicyclic) bond motifs is 1. The zero-order chi connectivity index (χ0) is 20.0. The van der Waals surface area contributed by atoms with Crippen molar-refractivity contribution >= 4 is 11.6 Å². The summed E-state index contributed by atoms with van der Waals surface area (Å²) in [6, 6.07) is 9.59. The number of pyridine rings is 1.